The Hall–Kier alpha value is -4.08. The lowest BCUT2D eigenvalue weighted by molar-refractivity contribution is -0.155. The van der Waals surface area contributed by atoms with E-state index in [0.717, 1.165) is 0 Å². The van der Waals surface area contributed by atoms with Crippen molar-refractivity contribution in [2.24, 2.45) is 0 Å². The first-order chi connectivity index (χ1) is 15.7. The summed E-state index contributed by atoms with van der Waals surface area (Å²) in [6.45, 7) is -0.807. The third-order valence-electron chi connectivity index (χ3n) is 4.54. The van der Waals surface area contributed by atoms with Crippen LogP contribution in [0.25, 0.3) is 0 Å². The van der Waals surface area contributed by atoms with Crippen molar-refractivity contribution in [2.75, 3.05) is 12.4 Å². The molecule has 0 aliphatic carbocycles. The maximum atomic E-state index is 12.9. The summed E-state index contributed by atoms with van der Waals surface area (Å²) in [5, 5.41) is 2.61. The monoisotopic (exact) mass is 460 g/mol. The first-order valence-electron chi connectivity index (χ1n) is 9.64. The third kappa shape index (κ3) is 6.22. The third-order valence-corrected chi connectivity index (χ3v) is 4.54. The van der Waals surface area contributed by atoms with Crippen molar-refractivity contribution in [3.63, 3.8) is 0 Å². The molecule has 0 saturated heterocycles. The molecule has 0 radical (unpaired) electrons. The lowest BCUT2D eigenvalue weighted by Crippen LogP contribution is -2.30. The summed E-state index contributed by atoms with van der Waals surface area (Å²) in [6.07, 6.45) is -5.58. The zero-order chi connectivity index (χ0) is 24.0. The van der Waals surface area contributed by atoms with Gasteiger partial charge in [-0.1, -0.05) is 36.4 Å². The fourth-order valence-corrected chi connectivity index (χ4v) is 2.94. The van der Waals surface area contributed by atoms with Crippen LogP contribution in [0.3, 0.4) is 0 Å². The van der Waals surface area contributed by atoms with Gasteiger partial charge in [0.25, 0.3) is 11.5 Å². The number of nitrogens with zero attached hydrogens (tertiary/aromatic N) is 1. The molecule has 10 heteroatoms. The topological polar surface area (TPSA) is 86.6 Å². The molecule has 7 nitrogen and oxygen atoms in total. The van der Waals surface area contributed by atoms with E-state index in [1.165, 1.54) is 7.11 Å². The minimum Gasteiger partial charge on any atom is -0.497 e. The molecule has 1 aromatic heterocycles. The van der Waals surface area contributed by atoms with E-state index in [-0.39, 0.29) is 0 Å². The lowest BCUT2D eigenvalue weighted by atomic mass is 10.1. The molecule has 0 saturated carbocycles. The summed E-state index contributed by atoms with van der Waals surface area (Å²) in [5.41, 5.74) is -1.20. The van der Waals surface area contributed by atoms with Crippen LogP contribution in [-0.4, -0.2) is 23.6 Å². The van der Waals surface area contributed by atoms with Crippen molar-refractivity contribution >= 4 is 17.6 Å². The van der Waals surface area contributed by atoms with Gasteiger partial charge in [0.15, 0.2) is 0 Å². The van der Waals surface area contributed by atoms with Crippen molar-refractivity contribution < 1.29 is 32.2 Å². The summed E-state index contributed by atoms with van der Waals surface area (Å²) in [7, 11) is 1.46. The first-order valence-corrected chi connectivity index (χ1v) is 9.64. The molecule has 1 N–H and O–H groups in total. The van der Waals surface area contributed by atoms with Crippen LogP contribution in [-0.2, 0) is 27.0 Å². The van der Waals surface area contributed by atoms with Gasteiger partial charge in [-0.3, -0.25) is 14.4 Å². The van der Waals surface area contributed by atoms with Crippen LogP contribution in [0, 0.1) is 0 Å². The number of rotatable bonds is 7. The highest BCUT2D eigenvalue weighted by Gasteiger charge is 2.31. The van der Waals surface area contributed by atoms with E-state index in [1.807, 2.05) is 0 Å². The number of amides is 1. The van der Waals surface area contributed by atoms with Crippen LogP contribution in [0.2, 0.25) is 0 Å². The van der Waals surface area contributed by atoms with E-state index in [9.17, 15) is 27.6 Å². The highest BCUT2D eigenvalue weighted by atomic mass is 19.4. The quantitative estimate of drug-likeness (QED) is 0.542. The van der Waals surface area contributed by atoms with Crippen molar-refractivity contribution in [3.05, 3.63) is 94.4 Å². The van der Waals surface area contributed by atoms with Gasteiger partial charge >= 0.3 is 12.1 Å². The summed E-state index contributed by atoms with van der Waals surface area (Å²) in [5.74, 6) is -1.27. The standard InChI is InChI=1S/C23H19F3N2O5/c1-32-18-9-5-8-17(12-18)27-22(31)21(15-6-3-2-4-7-15)33-20(30)14-28-13-16(23(24,25)26)10-11-19(28)29/h2-13,21H,14H2,1H3,(H,27,31). The highest BCUT2D eigenvalue weighted by Crippen LogP contribution is 2.28. The zero-order valence-electron chi connectivity index (χ0n) is 17.3. The summed E-state index contributed by atoms with van der Waals surface area (Å²) in [6, 6.07) is 15.9. The van der Waals surface area contributed by atoms with Gasteiger partial charge in [-0.05, 0) is 18.2 Å². The van der Waals surface area contributed by atoms with Gasteiger partial charge in [0.2, 0.25) is 6.10 Å². The second kappa shape index (κ2) is 10.0. The SMILES string of the molecule is COc1cccc(NC(=O)C(OC(=O)Cn2cc(C(F)(F)F)ccc2=O)c2ccccc2)c1. The Bertz CT molecular complexity index is 1190. The van der Waals surface area contributed by atoms with E-state index in [2.05, 4.69) is 5.32 Å². The van der Waals surface area contributed by atoms with E-state index < -0.39 is 41.8 Å². The van der Waals surface area contributed by atoms with Crippen LogP contribution in [0.4, 0.5) is 18.9 Å². The van der Waals surface area contributed by atoms with Crippen LogP contribution >= 0.6 is 0 Å². The number of alkyl halides is 3. The van der Waals surface area contributed by atoms with Gasteiger partial charge in [-0.2, -0.15) is 13.2 Å². The summed E-state index contributed by atoms with van der Waals surface area (Å²) < 4.78 is 49.8. The van der Waals surface area contributed by atoms with E-state index in [4.69, 9.17) is 9.47 Å². The molecular formula is C23H19F3N2O5. The van der Waals surface area contributed by atoms with E-state index in [0.29, 0.717) is 39.9 Å². The minimum atomic E-state index is -4.69. The number of hydrogen-bond donors (Lipinski definition) is 1. The molecule has 1 atom stereocenters. The van der Waals surface area contributed by atoms with Crippen molar-refractivity contribution in [3.8, 4) is 5.75 Å². The van der Waals surface area contributed by atoms with Crippen LogP contribution in [0.5, 0.6) is 5.75 Å². The molecule has 1 unspecified atom stereocenters. The number of aromatic nitrogens is 1. The number of carbonyl (C=O) groups is 2. The Kier molecular flexibility index (Phi) is 7.17. The largest absolute Gasteiger partial charge is 0.497 e. The lowest BCUT2D eigenvalue weighted by Gasteiger charge is -2.19. The number of benzene rings is 2. The molecule has 172 valence electrons. The number of esters is 1. The van der Waals surface area contributed by atoms with Gasteiger partial charge in [0, 0.05) is 29.6 Å². The second-order valence-electron chi connectivity index (χ2n) is 6.88. The molecular weight excluding hydrogens is 441 g/mol. The Morgan fingerprint density at radius 1 is 1.03 bits per heavy atom. The maximum Gasteiger partial charge on any atom is 0.417 e. The van der Waals surface area contributed by atoms with Crippen molar-refractivity contribution in [1.82, 2.24) is 4.57 Å². The predicted octanol–water partition coefficient (Wildman–Crippen LogP) is 3.80. The van der Waals surface area contributed by atoms with Crippen LogP contribution < -0.4 is 15.6 Å². The van der Waals surface area contributed by atoms with Gasteiger partial charge in [-0.25, -0.2) is 0 Å². The van der Waals surface area contributed by atoms with E-state index >= 15 is 0 Å². The number of ether oxygens (including phenoxy) is 2. The fraction of sp³-hybridized carbons (Fsp3) is 0.174. The molecule has 33 heavy (non-hydrogen) atoms. The molecule has 3 aromatic rings. The number of nitrogens with one attached hydrogen (secondary N) is 1. The van der Waals surface area contributed by atoms with Crippen molar-refractivity contribution in [1.29, 1.82) is 0 Å². The molecule has 0 bridgehead atoms. The molecule has 1 heterocycles. The fourth-order valence-electron chi connectivity index (χ4n) is 2.94. The van der Waals surface area contributed by atoms with E-state index in [1.54, 1.807) is 54.6 Å². The molecule has 0 aliphatic heterocycles. The second-order valence-corrected chi connectivity index (χ2v) is 6.88. The van der Waals surface area contributed by atoms with Gasteiger partial charge in [0.05, 0.1) is 12.7 Å². The molecule has 0 fully saturated rings. The summed E-state index contributed by atoms with van der Waals surface area (Å²) >= 11 is 0. The number of anilines is 1. The van der Waals surface area contributed by atoms with Gasteiger partial charge in [-0.15, -0.1) is 0 Å². The average Bonchev–Trinajstić information content (AvgIpc) is 2.78. The smallest absolute Gasteiger partial charge is 0.417 e. The minimum absolute atomic E-state index is 0.336. The maximum absolute atomic E-state index is 12.9. The van der Waals surface area contributed by atoms with Crippen molar-refractivity contribution in [2.45, 2.75) is 18.8 Å². The number of pyridine rings is 1. The Morgan fingerprint density at radius 2 is 1.76 bits per heavy atom. The average molecular weight is 460 g/mol. The van der Waals surface area contributed by atoms with Crippen LogP contribution in [0.15, 0.2) is 77.7 Å². The Balaban J connectivity index is 1.82. The predicted molar refractivity (Wildman–Crippen MR) is 113 cm³/mol. The Morgan fingerprint density at radius 3 is 2.42 bits per heavy atom. The van der Waals surface area contributed by atoms with Crippen LogP contribution in [0.1, 0.15) is 17.2 Å². The normalized spacial score (nSPS) is 12.0. The number of hydrogen-bond acceptors (Lipinski definition) is 5. The molecule has 2 aromatic carbocycles. The molecule has 0 aliphatic rings. The Labute approximate surface area is 186 Å². The molecule has 1 amide bonds. The molecule has 0 spiro atoms. The van der Waals surface area contributed by atoms with Gasteiger partial charge in [0.1, 0.15) is 12.3 Å². The summed E-state index contributed by atoms with van der Waals surface area (Å²) in [4.78, 5) is 37.3. The highest BCUT2D eigenvalue weighted by molar-refractivity contribution is 5.96. The molecule has 3 rings (SSSR count). The number of halogens is 3. The van der Waals surface area contributed by atoms with Gasteiger partial charge < -0.3 is 19.4 Å². The number of carbonyl (C=O) groups excluding carboxylic acids is 2. The number of methoxy groups -OCH3 is 1. The first kappa shape index (κ1) is 23.6. The zero-order valence-corrected chi connectivity index (χ0v) is 17.3.